The molecule has 0 radical (unpaired) electrons. The molecule has 0 aromatic heterocycles. The van der Waals surface area contributed by atoms with E-state index in [1.165, 1.54) is 0 Å². The number of aliphatic carboxylic acids is 1. The molecule has 0 bridgehead atoms. The molecule has 1 heterocycles. The maximum atomic E-state index is 13.6. The lowest BCUT2D eigenvalue weighted by Gasteiger charge is -2.29. The van der Waals surface area contributed by atoms with Crippen LogP contribution in [-0.4, -0.2) is 36.9 Å². The van der Waals surface area contributed by atoms with Gasteiger partial charge in [-0.25, -0.2) is 17.2 Å². The summed E-state index contributed by atoms with van der Waals surface area (Å²) >= 11 is 0. The van der Waals surface area contributed by atoms with E-state index in [1.807, 2.05) is 0 Å². The number of hydrogen-bond acceptors (Lipinski definition) is 3. The summed E-state index contributed by atoms with van der Waals surface area (Å²) in [5, 5.41) is 8.94. The Morgan fingerprint density at radius 1 is 1.35 bits per heavy atom. The van der Waals surface area contributed by atoms with Crippen LogP contribution >= 0.6 is 0 Å². The number of carboxylic acid groups (broad SMARTS) is 1. The molecule has 0 saturated carbocycles. The molecule has 8 heteroatoms. The van der Waals surface area contributed by atoms with Crippen LogP contribution in [-0.2, 0) is 14.8 Å². The first-order chi connectivity index (χ1) is 9.34. The van der Waals surface area contributed by atoms with E-state index in [1.54, 1.807) is 0 Å². The number of benzene rings is 1. The quantitative estimate of drug-likeness (QED) is 0.917. The molecular weight excluding hydrogens is 292 g/mol. The van der Waals surface area contributed by atoms with Crippen LogP contribution in [0, 0.1) is 17.6 Å². The van der Waals surface area contributed by atoms with Crippen LogP contribution in [0.2, 0.25) is 0 Å². The van der Waals surface area contributed by atoms with Crippen molar-refractivity contribution in [2.24, 2.45) is 5.92 Å². The molecule has 1 aliphatic heterocycles. The van der Waals surface area contributed by atoms with Gasteiger partial charge in [0.25, 0.3) is 0 Å². The van der Waals surface area contributed by atoms with Gasteiger partial charge in [-0.05, 0) is 25.0 Å². The van der Waals surface area contributed by atoms with E-state index >= 15 is 0 Å². The monoisotopic (exact) mass is 305 g/mol. The van der Waals surface area contributed by atoms with Crippen LogP contribution in [0.5, 0.6) is 0 Å². The van der Waals surface area contributed by atoms with E-state index < -0.39 is 38.4 Å². The number of nitrogens with zero attached hydrogens (tertiary/aromatic N) is 1. The minimum Gasteiger partial charge on any atom is -0.481 e. The lowest BCUT2D eigenvalue weighted by molar-refractivity contribution is -0.142. The lowest BCUT2D eigenvalue weighted by atomic mass is 10.0. The fourth-order valence-corrected chi connectivity index (χ4v) is 3.78. The Kier molecular flexibility index (Phi) is 4.05. The van der Waals surface area contributed by atoms with Crippen molar-refractivity contribution in [3.8, 4) is 0 Å². The molecule has 1 saturated heterocycles. The van der Waals surface area contributed by atoms with Gasteiger partial charge in [0.05, 0.1) is 5.92 Å². The second kappa shape index (κ2) is 5.45. The van der Waals surface area contributed by atoms with Gasteiger partial charge >= 0.3 is 5.97 Å². The second-order valence-electron chi connectivity index (χ2n) is 4.59. The highest BCUT2D eigenvalue weighted by Crippen LogP contribution is 2.26. The zero-order valence-corrected chi connectivity index (χ0v) is 11.2. The molecule has 20 heavy (non-hydrogen) atoms. The molecule has 1 fully saturated rings. The summed E-state index contributed by atoms with van der Waals surface area (Å²) in [7, 11) is -4.23. The van der Waals surface area contributed by atoms with Crippen LogP contribution in [0.25, 0.3) is 0 Å². The van der Waals surface area contributed by atoms with Crippen LogP contribution < -0.4 is 0 Å². The Morgan fingerprint density at radius 2 is 2.05 bits per heavy atom. The van der Waals surface area contributed by atoms with Gasteiger partial charge in [0.1, 0.15) is 4.90 Å². The number of sulfonamides is 1. The number of halogens is 2. The summed E-state index contributed by atoms with van der Waals surface area (Å²) in [6.07, 6.45) is 0.736. The van der Waals surface area contributed by atoms with Crippen molar-refractivity contribution >= 4 is 16.0 Å². The summed E-state index contributed by atoms with van der Waals surface area (Å²) in [6, 6.07) is 2.90. The van der Waals surface area contributed by atoms with Crippen molar-refractivity contribution < 1.29 is 27.1 Å². The van der Waals surface area contributed by atoms with Gasteiger partial charge in [0.15, 0.2) is 11.6 Å². The Labute approximate surface area is 114 Å². The van der Waals surface area contributed by atoms with Crippen LogP contribution in [0.3, 0.4) is 0 Å². The van der Waals surface area contributed by atoms with E-state index in [4.69, 9.17) is 5.11 Å². The molecule has 1 atom stereocenters. The Balaban J connectivity index is 2.35. The highest BCUT2D eigenvalue weighted by Gasteiger charge is 2.35. The average molecular weight is 305 g/mol. The SMILES string of the molecule is O=C(O)C1CCCN(S(=O)(=O)c2cccc(F)c2F)C1. The smallest absolute Gasteiger partial charge is 0.307 e. The maximum absolute atomic E-state index is 13.6. The topological polar surface area (TPSA) is 74.7 Å². The van der Waals surface area contributed by atoms with Crippen molar-refractivity contribution in [3.05, 3.63) is 29.8 Å². The van der Waals surface area contributed by atoms with E-state index in [0.717, 1.165) is 22.5 Å². The molecule has 110 valence electrons. The number of carboxylic acids is 1. The van der Waals surface area contributed by atoms with Crippen LogP contribution in [0.4, 0.5) is 8.78 Å². The number of hydrogen-bond donors (Lipinski definition) is 1. The molecular formula is C12H13F2NO4S. The molecule has 5 nitrogen and oxygen atoms in total. The predicted molar refractivity (Wildman–Crippen MR) is 65.5 cm³/mol. The molecule has 0 spiro atoms. The fourth-order valence-electron chi connectivity index (χ4n) is 2.18. The van der Waals surface area contributed by atoms with E-state index in [9.17, 15) is 22.0 Å². The van der Waals surface area contributed by atoms with Gasteiger partial charge in [-0.2, -0.15) is 4.31 Å². The highest BCUT2D eigenvalue weighted by atomic mass is 32.2. The number of rotatable bonds is 3. The highest BCUT2D eigenvalue weighted by molar-refractivity contribution is 7.89. The van der Waals surface area contributed by atoms with Crippen LogP contribution in [0.15, 0.2) is 23.1 Å². The third kappa shape index (κ3) is 2.66. The largest absolute Gasteiger partial charge is 0.481 e. The minimum absolute atomic E-state index is 0.0993. The van der Waals surface area contributed by atoms with Crippen molar-refractivity contribution in [2.45, 2.75) is 17.7 Å². The normalized spacial score (nSPS) is 20.8. The first kappa shape index (κ1) is 14.9. The van der Waals surface area contributed by atoms with Gasteiger partial charge in [-0.3, -0.25) is 4.79 Å². The predicted octanol–water partition coefficient (Wildman–Crippen LogP) is 1.45. The molecule has 0 amide bonds. The van der Waals surface area contributed by atoms with Crippen molar-refractivity contribution in [3.63, 3.8) is 0 Å². The molecule has 1 aromatic carbocycles. The second-order valence-corrected chi connectivity index (χ2v) is 6.50. The number of carbonyl (C=O) groups is 1. The fraction of sp³-hybridized carbons (Fsp3) is 0.417. The first-order valence-corrected chi connectivity index (χ1v) is 7.45. The van der Waals surface area contributed by atoms with E-state index in [2.05, 4.69) is 0 Å². The van der Waals surface area contributed by atoms with Crippen LogP contribution in [0.1, 0.15) is 12.8 Å². The van der Waals surface area contributed by atoms with Gasteiger partial charge in [-0.15, -0.1) is 0 Å². The molecule has 1 unspecified atom stereocenters. The molecule has 1 aliphatic rings. The third-order valence-corrected chi connectivity index (χ3v) is 5.15. The molecule has 2 rings (SSSR count). The molecule has 1 aromatic rings. The van der Waals surface area contributed by atoms with Gasteiger partial charge in [0.2, 0.25) is 10.0 Å². The molecule has 1 N–H and O–H groups in total. The van der Waals surface area contributed by atoms with Crippen molar-refractivity contribution in [1.82, 2.24) is 4.31 Å². The van der Waals surface area contributed by atoms with Gasteiger partial charge in [0, 0.05) is 13.1 Å². The number of piperidine rings is 1. The third-order valence-electron chi connectivity index (χ3n) is 3.27. The Bertz CT molecular complexity index is 632. The van der Waals surface area contributed by atoms with Crippen molar-refractivity contribution in [2.75, 3.05) is 13.1 Å². The van der Waals surface area contributed by atoms with Gasteiger partial charge < -0.3 is 5.11 Å². The first-order valence-electron chi connectivity index (χ1n) is 6.01. The summed E-state index contributed by atoms with van der Waals surface area (Å²) in [4.78, 5) is 10.2. The summed E-state index contributed by atoms with van der Waals surface area (Å²) < 4.78 is 52.1. The zero-order valence-electron chi connectivity index (χ0n) is 10.4. The van der Waals surface area contributed by atoms with Gasteiger partial charge in [-0.1, -0.05) is 6.07 Å². The maximum Gasteiger partial charge on any atom is 0.307 e. The standard InChI is InChI=1S/C12H13F2NO4S/c13-9-4-1-5-10(11(9)14)20(18,19)15-6-2-3-8(7-15)12(16)17/h1,4-5,8H,2-3,6-7H2,(H,16,17). The molecule has 0 aliphatic carbocycles. The summed E-state index contributed by atoms with van der Waals surface area (Å²) in [5.41, 5.74) is 0. The summed E-state index contributed by atoms with van der Waals surface area (Å²) in [6.45, 7) is -0.129. The van der Waals surface area contributed by atoms with E-state index in [0.29, 0.717) is 12.8 Å². The Hall–Kier alpha value is -1.54. The average Bonchev–Trinajstić information content (AvgIpc) is 2.41. The zero-order chi connectivity index (χ0) is 14.9. The Morgan fingerprint density at radius 3 is 2.70 bits per heavy atom. The van der Waals surface area contributed by atoms with E-state index in [-0.39, 0.29) is 13.1 Å². The summed E-state index contributed by atoms with van der Waals surface area (Å²) in [5.74, 6) is -4.61. The van der Waals surface area contributed by atoms with Crippen molar-refractivity contribution in [1.29, 1.82) is 0 Å². The lowest BCUT2D eigenvalue weighted by Crippen LogP contribution is -2.42. The minimum atomic E-state index is -4.23.